The van der Waals surface area contributed by atoms with Crippen molar-refractivity contribution in [3.63, 3.8) is 0 Å². The highest BCUT2D eigenvalue weighted by Crippen LogP contribution is 2.31. The molecule has 4 aromatic rings. The van der Waals surface area contributed by atoms with Gasteiger partial charge in [0.25, 0.3) is 5.91 Å². The van der Waals surface area contributed by atoms with Crippen LogP contribution in [-0.4, -0.2) is 57.0 Å². The molecule has 7 nitrogen and oxygen atoms in total. The van der Waals surface area contributed by atoms with Crippen LogP contribution in [0.1, 0.15) is 21.8 Å². The van der Waals surface area contributed by atoms with Crippen molar-refractivity contribution in [1.29, 1.82) is 0 Å². The molecule has 2 aromatic heterocycles. The van der Waals surface area contributed by atoms with Gasteiger partial charge in [-0.1, -0.05) is 35.5 Å². The van der Waals surface area contributed by atoms with Crippen LogP contribution in [0.4, 0.5) is 13.2 Å². The molecule has 1 saturated heterocycles. The summed E-state index contributed by atoms with van der Waals surface area (Å²) in [7, 11) is 0. The Kier molecular flexibility index (Phi) is 5.74. The number of nitrogens with zero attached hydrogens (tertiary/aromatic N) is 5. The number of carbonyl (C=O) groups is 1. The third-order valence-corrected chi connectivity index (χ3v) is 5.81. The summed E-state index contributed by atoms with van der Waals surface area (Å²) in [6.07, 6.45) is -2.80. The molecule has 1 aliphatic heterocycles. The van der Waals surface area contributed by atoms with Gasteiger partial charge in [-0.05, 0) is 24.3 Å². The van der Waals surface area contributed by atoms with E-state index in [0.717, 1.165) is 23.0 Å². The first kappa shape index (κ1) is 22.0. The summed E-state index contributed by atoms with van der Waals surface area (Å²) in [4.78, 5) is 25.5. The normalized spacial score (nSPS) is 15.1. The zero-order valence-corrected chi connectivity index (χ0v) is 18.0. The number of para-hydroxylation sites is 1. The summed E-state index contributed by atoms with van der Waals surface area (Å²) < 4.78 is 44.2. The van der Waals surface area contributed by atoms with Crippen molar-refractivity contribution in [3.05, 3.63) is 77.8 Å². The number of carbonyl (C=O) groups excluding carboxylic acids is 1. The van der Waals surface area contributed by atoms with Crippen LogP contribution in [0.3, 0.4) is 0 Å². The fourth-order valence-electron chi connectivity index (χ4n) is 4.02. The van der Waals surface area contributed by atoms with Gasteiger partial charge in [0.15, 0.2) is 0 Å². The Balaban J connectivity index is 1.22. The fraction of sp³-hybridized carbons (Fsp3) is 0.250. The lowest BCUT2D eigenvalue weighted by atomic mass is 10.1. The van der Waals surface area contributed by atoms with Crippen molar-refractivity contribution in [2.45, 2.75) is 12.7 Å². The average molecular weight is 467 g/mol. The van der Waals surface area contributed by atoms with Crippen molar-refractivity contribution in [1.82, 2.24) is 24.9 Å². The molecule has 0 spiro atoms. The fourth-order valence-corrected chi connectivity index (χ4v) is 4.02. The molecule has 0 radical (unpaired) electrons. The highest BCUT2D eigenvalue weighted by molar-refractivity contribution is 6.06. The van der Waals surface area contributed by atoms with Crippen LogP contribution in [0.5, 0.6) is 0 Å². The molecule has 2 aromatic carbocycles. The van der Waals surface area contributed by atoms with Gasteiger partial charge in [0, 0.05) is 43.3 Å². The van der Waals surface area contributed by atoms with Crippen LogP contribution >= 0.6 is 0 Å². The second kappa shape index (κ2) is 8.86. The summed E-state index contributed by atoms with van der Waals surface area (Å²) >= 11 is 0. The molecule has 0 N–H and O–H groups in total. The summed E-state index contributed by atoms with van der Waals surface area (Å²) in [5.41, 5.74) is 0.880. The number of hydrogen-bond donors (Lipinski definition) is 0. The monoisotopic (exact) mass is 467 g/mol. The molecule has 5 rings (SSSR count). The van der Waals surface area contributed by atoms with Gasteiger partial charge >= 0.3 is 6.18 Å². The highest BCUT2D eigenvalue weighted by Gasteiger charge is 2.31. The Labute approximate surface area is 192 Å². The predicted octanol–water partition coefficient (Wildman–Crippen LogP) is 4.26. The molecule has 0 atom stereocenters. The maximum Gasteiger partial charge on any atom is 0.416 e. The quantitative estimate of drug-likeness (QED) is 0.447. The SMILES string of the molecule is O=C(c1ccnc2ccccc12)N1CCN(Cc2nc(-c3cccc(C(F)(F)F)c3)no2)CC1. The van der Waals surface area contributed by atoms with E-state index in [-0.39, 0.29) is 17.3 Å². The van der Waals surface area contributed by atoms with Crippen LogP contribution in [0.15, 0.2) is 65.3 Å². The number of hydrogen-bond acceptors (Lipinski definition) is 6. The third-order valence-electron chi connectivity index (χ3n) is 5.81. The molecule has 0 unspecified atom stereocenters. The molecule has 174 valence electrons. The standard InChI is InChI=1S/C24H20F3N5O2/c25-24(26,27)17-5-3-4-16(14-17)22-29-21(34-30-22)15-31-10-12-32(13-11-31)23(33)19-8-9-28-20-7-2-1-6-18(19)20/h1-9,14H,10-13,15H2. The van der Waals surface area contributed by atoms with Crippen molar-refractivity contribution in [2.24, 2.45) is 0 Å². The first-order chi connectivity index (χ1) is 16.4. The van der Waals surface area contributed by atoms with Gasteiger partial charge in [-0.25, -0.2) is 0 Å². The van der Waals surface area contributed by atoms with Crippen molar-refractivity contribution in [3.8, 4) is 11.4 Å². The molecule has 0 saturated carbocycles. The van der Waals surface area contributed by atoms with Gasteiger partial charge < -0.3 is 9.42 Å². The van der Waals surface area contributed by atoms with Gasteiger partial charge in [0.2, 0.25) is 11.7 Å². The number of piperazine rings is 1. The third kappa shape index (κ3) is 4.49. The van der Waals surface area contributed by atoms with Crippen LogP contribution in [0, 0.1) is 0 Å². The Morgan fingerprint density at radius 2 is 1.79 bits per heavy atom. The molecule has 1 fully saturated rings. The number of alkyl halides is 3. The molecule has 10 heteroatoms. The Morgan fingerprint density at radius 1 is 1.00 bits per heavy atom. The molecular formula is C24H20F3N5O2. The molecule has 0 bridgehead atoms. The average Bonchev–Trinajstić information content (AvgIpc) is 3.32. The number of halogens is 3. The maximum atomic E-state index is 13.1. The second-order valence-corrected chi connectivity index (χ2v) is 8.03. The first-order valence-electron chi connectivity index (χ1n) is 10.7. The summed E-state index contributed by atoms with van der Waals surface area (Å²) in [5, 5.41) is 4.66. The lowest BCUT2D eigenvalue weighted by molar-refractivity contribution is -0.137. The van der Waals surface area contributed by atoms with E-state index in [1.807, 2.05) is 24.3 Å². The van der Waals surface area contributed by atoms with Gasteiger partial charge in [0.1, 0.15) is 0 Å². The van der Waals surface area contributed by atoms with E-state index in [4.69, 9.17) is 4.52 Å². The summed E-state index contributed by atoms with van der Waals surface area (Å²) in [6, 6.07) is 14.1. The van der Waals surface area contributed by atoms with E-state index < -0.39 is 11.7 Å². The van der Waals surface area contributed by atoms with Crippen molar-refractivity contribution >= 4 is 16.8 Å². The Bertz CT molecular complexity index is 1320. The van der Waals surface area contributed by atoms with E-state index in [2.05, 4.69) is 20.0 Å². The first-order valence-corrected chi connectivity index (χ1v) is 10.7. The molecule has 34 heavy (non-hydrogen) atoms. The van der Waals surface area contributed by atoms with E-state index in [1.54, 1.807) is 17.2 Å². The number of amides is 1. The zero-order valence-electron chi connectivity index (χ0n) is 18.0. The van der Waals surface area contributed by atoms with Crippen LogP contribution in [0.25, 0.3) is 22.3 Å². The van der Waals surface area contributed by atoms with Gasteiger partial charge in [-0.2, -0.15) is 18.2 Å². The molecule has 1 amide bonds. The van der Waals surface area contributed by atoms with E-state index in [9.17, 15) is 18.0 Å². The topological polar surface area (TPSA) is 75.4 Å². The lowest BCUT2D eigenvalue weighted by Crippen LogP contribution is -2.48. The van der Waals surface area contributed by atoms with Gasteiger partial charge in [0.05, 0.1) is 23.2 Å². The van der Waals surface area contributed by atoms with Crippen molar-refractivity contribution < 1.29 is 22.5 Å². The van der Waals surface area contributed by atoms with Crippen molar-refractivity contribution in [2.75, 3.05) is 26.2 Å². The number of pyridine rings is 1. The molecule has 3 heterocycles. The van der Waals surface area contributed by atoms with E-state index >= 15 is 0 Å². The minimum Gasteiger partial charge on any atom is -0.338 e. The molecular weight excluding hydrogens is 447 g/mol. The number of benzene rings is 2. The Hall–Kier alpha value is -3.79. The molecule has 1 aliphatic rings. The maximum absolute atomic E-state index is 13.1. The highest BCUT2D eigenvalue weighted by atomic mass is 19.4. The van der Waals surface area contributed by atoms with Gasteiger partial charge in [-0.15, -0.1) is 0 Å². The minimum atomic E-state index is -4.44. The molecule has 0 aliphatic carbocycles. The zero-order chi connectivity index (χ0) is 23.7. The Morgan fingerprint density at radius 3 is 2.59 bits per heavy atom. The number of fused-ring (bicyclic) bond motifs is 1. The smallest absolute Gasteiger partial charge is 0.338 e. The number of aromatic nitrogens is 3. The van der Waals surface area contributed by atoms with E-state index in [1.165, 1.54) is 12.1 Å². The largest absolute Gasteiger partial charge is 0.416 e. The predicted molar refractivity (Wildman–Crippen MR) is 118 cm³/mol. The minimum absolute atomic E-state index is 0.0390. The summed E-state index contributed by atoms with van der Waals surface area (Å²) in [5.74, 6) is 0.384. The lowest BCUT2D eigenvalue weighted by Gasteiger charge is -2.34. The second-order valence-electron chi connectivity index (χ2n) is 8.03. The summed E-state index contributed by atoms with van der Waals surface area (Å²) in [6.45, 7) is 2.63. The van der Waals surface area contributed by atoms with Gasteiger partial charge in [-0.3, -0.25) is 14.7 Å². The van der Waals surface area contributed by atoms with Crippen LogP contribution in [-0.2, 0) is 12.7 Å². The number of rotatable bonds is 4. The van der Waals surface area contributed by atoms with E-state index in [0.29, 0.717) is 44.2 Å². The van der Waals surface area contributed by atoms with Crippen LogP contribution < -0.4 is 0 Å². The van der Waals surface area contributed by atoms with Crippen LogP contribution in [0.2, 0.25) is 0 Å².